The third-order valence-electron chi connectivity index (χ3n) is 2.87. The van der Waals surface area contributed by atoms with Crippen molar-refractivity contribution in [1.29, 1.82) is 0 Å². The van der Waals surface area contributed by atoms with Crippen LogP contribution in [0.4, 0.5) is 11.4 Å². The van der Waals surface area contributed by atoms with Crippen molar-refractivity contribution in [2.24, 2.45) is 0 Å². The molecule has 0 unspecified atom stereocenters. The molecule has 0 aliphatic carbocycles. The van der Waals surface area contributed by atoms with Crippen molar-refractivity contribution in [3.05, 3.63) is 18.5 Å². The van der Waals surface area contributed by atoms with Crippen LogP contribution in [0.1, 0.15) is 20.3 Å². The van der Waals surface area contributed by atoms with Crippen molar-refractivity contribution in [2.45, 2.75) is 25.9 Å². The van der Waals surface area contributed by atoms with Gasteiger partial charge in [-0.05, 0) is 26.3 Å². The quantitative estimate of drug-likeness (QED) is 0.824. The van der Waals surface area contributed by atoms with Gasteiger partial charge in [0.15, 0.2) is 0 Å². The van der Waals surface area contributed by atoms with E-state index in [2.05, 4.69) is 29.0 Å². The number of anilines is 2. The van der Waals surface area contributed by atoms with E-state index in [0.717, 1.165) is 24.3 Å². The molecule has 1 rings (SSSR count). The van der Waals surface area contributed by atoms with Gasteiger partial charge in [-0.25, -0.2) is 0 Å². The second kappa shape index (κ2) is 5.87. The van der Waals surface area contributed by atoms with Crippen LogP contribution in [0.25, 0.3) is 0 Å². The molecular formula is C13H23N3O. The Kier molecular flexibility index (Phi) is 4.75. The number of pyridine rings is 1. The Labute approximate surface area is 104 Å². The third kappa shape index (κ3) is 4.23. The van der Waals surface area contributed by atoms with Gasteiger partial charge in [0.25, 0.3) is 0 Å². The van der Waals surface area contributed by atoms with E-state index in [-0.39, 0.29) is 5.60 Å². The maximum atomic E-state index is 5.39. The maximum Gasteiger partial charge on any atom is 0.0764 e. The lowest BCUT2D eigenvalue weighted by Gasteiger charge is -2.24. The summed E-state index contributed by atoms with van der Waals surface area (Å²) in [7, 11) is 5.80. The van der Waals surface area contributed by atoms with Gasteiger partial charge in [0, 0.05) is 33.9 Å². The van der Waals surface area contributed by atoms with Crippen LogP contribution < -0.4 is 10.2 Å². The van der Waals surface area contributed by atoms with Crippen LogP contribution in [0.3, 0.4) is 0 Å². The molecule has 96 valence electrons. The summed E-state index contributed by atoms with van der Waals surface area (Å²) < 4.78 is 5.39. The minimum atomic E-state index is -0.0898. The average molecular weight is 237 g/mol. The first-order chi connectivity index (χ1) is 7.96. The lowest BCUT2D eigenvalue weighted by Crippen LogP contribution is -2.26. The molecule has 1 N–H and O–H groups in total. The van der Waals surface area contributed by atoms with E-state index >= 15 is 0 Å². The number of nitrogens with zero attached hydrogens (tertiary/aromatic N) is 2. The molecule has 17 heavy (non-hydrogen) atoms. The van der Waals surface area contributed by atoms with Gasteiger partial charge < -0.3 is 15.0 Å². The van der Waals surface area contributed by atoms with Crippen molar-refractivity contribution in [3.63, 3.8) is 0 Å². The summed E-state index contributed by atoms with van der Waals surface area (Å²) >= 11 is 0. The summed E-state index contributed by atoms with van der Waals surface area (Å²) in [6, 6.07) is 2.00. The number of rotatable bonds is 6. The molecule has 1 aromatic heterocycles. The van der Waals surface area contributed by atoms with Crippen LogP contribution in [0.15, 0.2) is 18.5 Å². The first kappa shape index (κ1) is 13.8. The molecule has 0 radical (unpaired) electrons. The topological polar surface area (TPSA) is 37.4 Å². The summed E-state index contributed by atoms with van der Waals surface area (Å²) in [5.74, 6) is 0. The zero-order chi connectivity index (χ0) is 12.9. The Hall–Kier alpha value is -1.29. The maximum absolute atomic E-state index is 5.39. The molecule has 0 spiro atoms. The monoisotopic (exact) mass is 237 g/mol. The van der Waals surface area contributed by atoms with Gasteiger partial charge in [-0.2, -0.15) is 0 Å². The number of nitrogens with one attached hydrogen (secondary N) is 1. The fraction of sp³-hybridized carbons (Fsp3) is 0.615. The van der Waals surface area contributed by atoms with Crippen LogP contribution in [0, 0.1) is 0 Å². The highest BCUT2D eigenvalue weighted by Crippen LogP contribution is 2.22. The third-order valence-corrected chi connectivity index (χ3v) is 2.87. The minimum absolute atomic E-state index is 0.0898. The lowest BCUT2D eigenvalue weighted by molar-refractivity contribution is 0.0185. The zero-order valence-corrected chi connectivity index (χ0v) is 11.4. The van der Waals surface area contributed by atoms with Gasteiger partial charge in [-0.1, -0.05) is 0 Å². The van der Waals surface area contributed by atoms with Crippen LogP contribution in [0.2, 0.25) is 0 Å². The largest absolute Gasteiger partial charge is 0.382 e. The highest BCUT2D eigenvalue weighted by molar-refractivity contribution is 5.67. The molecule has 0 amide bonds. The van der Waals surface area contributed by atoms with Gasteiger partial charge in [0.1, 0.15) is 0 Å². The van der Waals surface area contributed by atoms with Gasteiger partial charge >= 0.3 is 0 Å². The molecule has 0 aliphatic heterocycles. The predicted molar refractivity (Wildman–Crippen MR) is 72.8 cm³/mol. The highest BCUT2D eigenvalue weighted by atomic mass is 16.5. The van der Waals surface area contributed by atoms with Gasteiger partial charge in [0.2, 0.25) is 0 Å². The smallest absolute Gasteiger partial charge is 0.0764 e. The molecule has 0 saturated carbocycles. The van der Waals surface area contributed by atoms with Crippen molar-refractivity contribution < 1.29 is 4.74 Å². The summed E-state index contributed by atoms with van der Waals surface area (Å²) in [4.78, 5) is 6.22. The SMILES string of the molecule is COC(C)(C)CCNc1cnccc1N(C)C. The van der Waals surface area contributed by atoms with Gasteiger partial charge in [-0.3, -0.25) is 4.98 Å². The molecule has 4 heteroatoms. The standard InChI is InChI=1S/C13H23N3O/c1-13(2,17-5)7-9-15-11-10-14-8-6-12(11)16(3)4/h6,8,10,15H,7,9H2,1-5H3. The Balaban J connectivity index is 2.58. The van der Waals surface area contributed by atoms with Gasteiger partial charge in [0.05, 0.1) is 23.2 Å². The van der Waals surface area contributed by atoms with E-state index in [1.807, 2.05) is 26.4 Å². The molecule has 0 aromatic carbocycles. The Bertz CT molecular complexity index is 350. The van der Waals surface area contributed by atoms with E-state index in [0.29, 0.717) is 0 Å². The molecule has 0 atom stereocenters. The number of hydrogen-bond donors (Lipinski definition) is 1. The van der Waals surface area contributed by atoms with E-state index in [1.165, 1.54) is 0 Å². The van der Waals surface area contributed by atoms with Crippen molar-refractivity contribution in [2.75, 3.05) is 38.0 Å². The summed E-state index contributed by atoms with van der Waals surface area (Å²) in [5.41, 5.74) is 2.12. The molecule has 0 bridgehead atoms. The molecule has 0 aliphatic rings. The second-order valence-corrected chi connectivity index (χ2v) is 4.93. The minimum Gasteiger partial charge on any atom is -0.382 e. The van der Waals surface area contributed by atoms with E-state index in [1.54, 1.807) is 13.3 Å². The summed E-state index contributed by atoms with van der Waals surface area (Å²) in [5, 5.41) is 3.40. The van der Waals surface area contributed by atoms with Crippen LogP contribution in [0.5, 0.6) is 0 Å². The summed E-state index contributed by atoms with van der Waals surface area (Å²) in [6.45, 7) is 5.04. The zero-order valence-electron chi connectivity index (χ0n) is 11.4. The van der Waals surface area contributed by atoms with E-state index in [4.69, 9.17) is 4.74 Å². The van der Waals surface area contributed by atoms with Crippen molar-refractivity contribution in [1.82, 2.24) is 4.98 Å². The normalized spacial score (nSPS) is 11.4. The Morgan fingerprint density at radius 3 is 2.71 bits per heavy atom. The van der Waals surface area contributed by atoms with E-state index < -0.39 is 0 Å². The second-order valence-electron chi connectivity index (χ2n) is 4.93. The fourth-order valence-corrected chi connectivity index (χ4v) is 1.51. The average Bonchev–Trinajstić information content (AvgIpc) is 2.29. The van der Waals surface area contributed by atoms with Crippen LogP contribution in [-0.2, 0) is 4.74 Å². The summed E-state index contributed by atoms with van der Waals surface area (Å²) in [6.07, 6.45) is 4.61. The Morgan fingerprint density at radius 2 is 2.12 bits per heavy atom. The Morgan fingerprint density at radius 1 is 1.41 bits per heavy atom. The van der Waals surface area contributed by atoms with E-state index in [9.17, 15) is 0 Å². The van der Waals surface area contributed by atoms with Crippen LogP contribution in [-0.4, -0.2) is 38.3 Å². The molecule has 0 saturated heterocycles. The predicted octanol–water partition coefficient (Wildman–Crippen LogP) is 2.37. The first-order valence-corrected chi connectivity index (χ1v) is 5.86. The van der Waals surface area contributed by atoms with Crippen LogP contribution >= 0.6 is 0 Å². The van der Waals surface area contributed by atoms with Crippen molar-refractivity contribution >= 4 is 11.4 Å². The number of methoxy groups -OCH3 is 1. The molecule has 1 aromatic rings. The number of aromatic nitrogens is 1. The van der Waals surface area contributed by atoms with Crippen molar-refractivity contribution in [3.8, 4) is 0 Å². The first-order valence-electron chi connectivity index (χ1n) is 5.86. The highest BCUT2D eigenvalue weighted by Gasteiger charge is 2.15. The molecule has 0 fully saturated rings. The fourth-order valence-electron chi connectivity index (χ4n) is 1.51. The number of hydrogen-bond acceptors (Lipinski definition) is 4. The molecule has 1 heterocycles. The molecule has 4 nitrogen and oxygen atoms in total. The number of ether oxygens (including phenoxy) is 1. The van der Waals surface area contributed by atoms with Gasteiger partial charge in [-0.15, -0.1) is 0 Å². The lowest BCUT2D eigenvalue weighted by atomic mass is 10.1. The molecular weight excluding hydrogens is 214 g/mol.